The van der Waals surface area contributed by atoms with Crippen LogP contribution >= 0.6 is 27.3 Å². The van der Waals surface area contributed by atoms with E-state index in [0.717, 1.165) is 16.6 Å². The first-order valence-corrected chi connectivity index (χ1v) is 7.66. The Balaban J connectivity index is 2.11. The third-order valence-corrected chi connectivity index (χ3v) is 5.02. The minimum atomic E-state index is -0.206. The van der Waals surface area contributed by atoms with E-state index in [0.29, 0.717) is 6.54 Å². The quantitative estimate of drug-likeness (QED) is 0.895. The number of rotatable bonds is 5. The molecular formula is C14H16BrFN2S. The molecule has 1 aromatic carbocycles. The van der Waals surface area contributed by atoms with E-state index < -0.39 is 0 Å². The van der Waals surface area contributed by atoms with E-state index in [9.17, 15) is 4.39 Å². The molecule has 0 aliphatic heterocycles. The van der Waals surface area contributed by atoms with Crippen LogP contribution < -0.4 is 5.73 Å². The number of benzene rings is 1. The smallest absolute Gasteiger partial charge is 0.123 e. The molecule has 0 radical (unpaired) electrons. The summed E-state index contributed by atoms with van der Waals surface area (Å²) in [4.78, 5) is 3.41. The zero-order chi connectivity index (χ0) is 13.8. The first-order chi connectivity index (χ1) is 9.11. The van der Waals surface area contributed by atoms with Crippen molar-refractivity contribution in [3.63, 3.8) is 0 Å². The molecule has 1 heterocycles. The molecule has 0 saturated carbocycles. The first kappa shape index (κ1) is 14.7. The molecule has 0 aliphatic rings. The van der Waals surface area contributed by atoms with Gasteiger partial charge in [-0.15, -0.1) is 11.3 Å². The van der Waals surface area contributed by atoms with Gasteiger partial charge in [0.05, 0.1) is 6.04 Å². The molecule has 0 spiro atoms. The highest BCUT2D eigenvalue weighted by Gasteiger charge is 2.19. The minimum Gasteiger partial charge on any atom is -0.329 e. The van der Waals surface area contributed by atoms with Gasteiger partial charge in [0.15, 0.2) is 0 Å². The summed E-state index contributed by atoms with van der Waals surface area (Å²) < 4.78 is 14.0. The lowest BCUT2D eigenvalue weighted by molar-refractivity contribution is 0.244. The zero-order valence-corrected chi connectivity index (χ0v) is 13.0. The van der Waals surface area contributed by atoms with Crippen molar-refractivity contribution in [3.8, 4) is 0 Å². The molecule has 0 saturated heterocycles. The number of thiophene rings is 1. The second-order valence-electron chi connectivity index (χ2n) is 4.43. The van der Waals surface area contributed by atoms with E-state index >= 15 is 0 Å². The lowest BCUT2D eigenvalue weighted by atomic mass is 10.1. The van der Waals surface area contributed by atoms with Gasteiger partial charge >= 0.3 is 0 Å². The number of halogens is 2. The second-order valence-corrected chi connectivity index (χ2v) is 6.23. The average Bonchev–Trinajstić information content (AvgIpc) is 2.80. The molecule has 2 nitrogen and oxygen atoms in total. The number of nitrogens with two attached hydrogens (primary N) is 1. The van der Waals surface area contributed by atoms with Crippen LogP contribution in [0.4, 0.5) is 4.39 Å². The third-order valence-electron chi connectivity index (χ3n) is 3.05. The maximum atomic E-state index is 12.9. The van der Waals surface area contributed by atoms with E-state index in [1.165, 1.54) is 17.0 Å². The summed E-state index contributed by atoms with van der Waals surface area (Å²) in [5.74, 6) is -0.206. The van der Waals surface area contributed by atoms with Crippen LogP contribution in [0.1, 0.15) is 16.5 Å². The van der Waals surface area contributed by atoms with Crippen LogP contribution in [0.2, 0.25) is 0 Å². The highest BCUT2D eigenvalue weighted by Crippen LogP contribution is 2.32. The highest BCUT2D eigenvalue weighted by atomic mass is 79.9. The van der Waals surface area contributed by atoms with Gasteiger partial charge in [0.25, 0.3) is 0 Å². The molecule has 0 fully saturated rings. The summed E-state index contributed by atoms with van der Waals surface area (Å²) in [5.41, 5.74) is 6.97. The maximum Gasteiger partial charge on any atom is 0.123 e. The topological polar surface area (TPSA) is 29.3 Å². The predicted octanol–water partition coefficient (Wildman–Crippen LogP) is 3.78. The van der Waals surface area contributed by atoms with Crippen molar-refractivity contribution < 1.29 is 4.39 Å². The molecule has 0 aliphatic carbocycles. The fourth-order valence-corrected chi connectivity index (χ4v) is 3.83. The van der Waals surface area contributed by atoms with Crippen molar-refractivity contribution in [1.29, 1.82) is 0 Å². The number of hydrogen-bond donors (Lipinski definition) is 1. The zero-order valence-electron chi connectivity index (χ0n) is 10.6. The van der Waals surface area contributed by atoms with Gasteiger partial charge in [-0.3, -0.25) is 4.90 Å². The van der Waals surface area contributed by atoms with Crippen LogP contribution in [0.25, 0.3) is 0 Å². The summed E-state index contributed by atoms with van der Waals surface area (Å²) in [7, 11) is 2.03. The van der Waals surface area contributed by atoms with Crippen LogP contribution in [0, 0.1) is 5.82 Å². The minimum absolute atomic E-state index is 0.166. The van der Waals surface area contributed by atoms with Crippen LogP contribution in [-0.2, 0) is 6.54 Å². The van der Waals surface area contributed by atoms with Crippen molar-refractivity contribution in [2.75, 3.05) is 13.6 Å². The van der Waals surface area contributed by atoms with Gasteiger partial charge in [-0.05, 0) is 52.1 Å². The summed E-state index contributed by atoms with van der Waals surface area (Å²) >= 11 is 5.24. The van der Waals surface area contributed by atoms with Gasteiger partial charge in [0.2, 0.25) is 0 Å². The normalized spacial score (nSPS) is 12.9. The fourth-order valence-electron chi connectivity index (χ4n) is 2.02. The van der Waals surface area contributed by atoms with Crippen LogP contribution in [0.3, 0.4) is 0 Å². The van der Waals surface area contributed by atoms with Crippen molar-refractivity contribution in [3.05, 3.63) is 56.4 Å². The van der Waals surface area contributed by atoms with Crippen molar-refractivity contribution in [2.45, 2.75) is 12.6 Å². The SMILES string of the molecule is CN(Cc1ccc(F)cc1)C(CN)c1sccc1Br. The molecule has 102 valence electrons. The molecule has 19 heavy (non-hydrogen) atoms. The van der Waals surface area contributed by atoms with E-state index in [1.807, 2.05) is 30.6 Å². The van der Waals surface area contributed by atoms with Crippen LogP contribution in [0.5, 0.6) is 0 Å². The molecule has 1 unspecified atom stereocenters. The van der Waals surface area contributed by atoms with Gasteiger partial charge in [-0.2, -0.15) is 0 Å². The van der Waals surface area contributed by atoms with Crippen molar-refractivity contribution in [1.82, 2.24) is 4.90 Å². The Morgan fingerprint density at radius 3 is 2.53 bits per heavy atom. The molecule has 0 bridgehead atoms. The Bertz CT molecular complexity index is 526. The number of nitrogens with zero attached hydrogens (tertiary/aromatic N) is 1. The Hall–Kier alpha value is -0.750. The van der Waals surface area contributed by atoms with Gasteiger partial charge in [0.1, 0.15) is 5.82 Å². The fraction of sp³-hybridized carbons (Fsp3) is 0.286. The highest BCUT2D eigenvalue weighted by molar-refractivity contribution is 9.10. The molecule has 5 heteroatoms. The second kappa shape index (κ2) is 6.61. The molecule has 0 amide bonds. The first-order valence-electron chi connectivity index (χ1n) is 5.99. The standard InChI is InChI=1S/C14H16BrFN2S/c1-18(9-10-2-4-11(16)5-3-10)13(8-17)14-12(15)6-7-19-14/h2-7,13H,8-9,17H2,1H3. The Labute approximate surface area is 125 Å². The van der Waals surface area contributed by atoms with Gasteiger partial charge < -0.3 is 5.73 Å². The molecule has 2 aromatic rings. The van der Waals surface area contributed by atoms with E-state index in [1.54, 1.807) is 11.3 Å². The summed E-state index contributed by atoms with van der Waals surface area (Å²) in [6.45, 7) is 1.29. The summed E-state index contributed by atoms with van der Waals surface area (Å²) in [6.07, 6.45) is 0. The molecule has 1 aromatic heterocycles. The Kier molecular flexibility index (Phi) is 5.10. The van der Waals surface area contributed by atoms with Crippen molar-refractivity contribution >= 4 is 27.3 Å². The van der Waals surface area contributed by atoms with E-state index in [2.05, 4.69) is 20.8 Å². The average molecular weight is 343 g/mol. The Morgan fingerprint density at radius 1 is 1.32 bits per heavy atom. The lowest BCUT2D eigenvalue weighted by Crippen LogP contribution is -2.29. The van der Waals surface area contributed by atoms with E-state index in [-0.39, 0.29) is 11.9 Å². The molecular weight excluding hydrogens is 327 g/mol. The predicted molar refractivity (Wildman–Crippen MR) is 81.7 cm³/mol. The number of hydrogen-bond acceptors (Lipinski definition) is 3. The maximum absolute atomic E-state index is 12.9. The monoisotopic (exact) mass is 342 g/mol. The number of likely N-dealkylation sites (N-methyl/N-ethyl adjacent to an activating group) is 1. The molecule has 2 N–H and O–H groups in total. The van der Waals surface area contributed by atoms with Gasteiger partial charge in [-0.25, -0.2) is 4.39 Å². The Morgan fingerprint density at radius 2 is 2.00 bits per heavy atom. The van der Waals surface area contributed by atoms with E-state index in [4.69, 9.17) is 5.73 Å². The largest absolute Gasteiger partial charge is 0.329 e. The third kappa shape index (κ3) is 3.63. The summed E-state index contributed by atoms with van der Waals surface area (Å²) in [6, 6.07) is 8.79. The van der Waals surface area contributed by atoms with Crippen LogP contribution in [-0.4, -0.2) is 18.5 Å². The molecule has 1 atom stereocenters. The summed E-state index contributed by atoms with van der Waals surface area (Å²) in [5, 5.41) is 2.05. The van der Waals surface area contributed by atoms with Gasteiger partial charge in [-0.1, -0.05) is 12.1 Å². The lowest BCUT2D eigenvalue weighted by Gasteiger charge is -2.26. The molecule has 2 rings (SSSR count). The van der Waals surface area contributed by atoms with Crippen LogP contribution in [0.15, 0.2) is 40.2 Å². The van der Waals surface area contributed by atoms with Gasteiger partial charge in [0, 0.05) is 22.4 Å². The van der Waals surface area contributed by atoms with Crippen molar-refractivity contribution in [2.24, 2.45) is 5.73 Å².